The molecule has 1 aliphatic rings. The highest BCUT2D eigenvalue weighted by molar-refractivity contribution is 7.88. The highest BCUT2D eigenvalue weighted by atomic mass is 32.2. The van der Waals surface area contributed by atoms with Crippen LogP contribution in [-0.2, 0) is 16.4 Å². The molecule has 1 heterocycles. The second kappa shape index (κ2) is 9.52. The standard InChI is InChI=1S/C21H29N3O3S/c1-28(25,26)24-19-9-5-12-23-20(19)15-16-6-4-7-17(14-16)18-8-2-3-10-21(18)27-13-11-22/h2-4,6-8,10,14,19-20,23-24H,5,9,11-13,15,22H2,1H3. The van der Waals surface area contributed by atoms with Crippen molar-refractivity contribution in [1.82, 2.24) is 10.0 Å². The zero-order valence-corrected chi connectivity index (χ0v) is 17.0. The number of hydrogen-bond acceptors (Lipinski definition) is 5. The van der Waals surface area contributed by atoms with Gasteiger partial charge in [0.1, 0.15) is 12.4 Å². The average molecular weight is 404 g/mol. The minimum Gasteiger partial charge on any atom is -0.492 e. The first-order valence-corrected chi connectivity index (χ1v) is 11.6. The molecule has 2 unspecified atom stereocenters. The molecule has 4 N–H and O–H groups in total. The van der Waals surface area contributed by atoms with Gasteiger partial charge < -0.3 is 15.8 Å². The fraction of sp³-hybridized carbons (Fsp3) is 0.429. The van der Waals surface area contributed by atoms with Gasteiger partial charge in [0.25, 0.3) is 0 Å². The third-order valence-electron chi connectivity index (χ3n) is 4.91. The lowest BCUT2D eigenvalue weighted by Gasteiger charge is -2.33. The Morgan fingerprint density at radius 3 is 2.82 bits per heavy atom. The smallest absolute Gasteiger partial charge is 0.209 e. The molecule has 0 aliphatic carbocycles. The molecule has 3 rings (SSSR count). The molecule has 0 bridgehead atoms. The number of benzene rings is 2. The van der Waals surface area contributed by atoms with E-state index in [0.717, 1.165) is 48.2 Å². The molecule has 28 heavy (non-hydrogen) atoms. The molecule has 152 valence electrons. The van der Waals surface area contributed by atoms with Crippen molar-refractivity contribution in [2.75, 3.05) is 26.0 Å². The van der Waals surface area contributed by atoms with Crippen molar-refractivity contribution < 1.29 is 13.2 Å². The molecular formula is C21H29N3O3S. The zero-order valence-electron chi connectivity index (χ0n) is 16.2. The Labute approximate surface area is 167 Å². The minimum absolute atomic E-state index is 0.0717. The van der Waals surface area contributed by atoms with Crippen LogP contribution < -0.4 is 20.5 Å². The van der Waals surface area contributed by atoms with E-state index in [0.29, 0.717) is 13.2 Å². The number of sulfonamides is 1. The van der Waals surface area contributed by atoms with Crippen LogP contribution in [0.2, 0.25) is 0 Å². The first kappa shape index (κ1) is 20.8. The fourth-order valence-corrected chi connectivity index (χ4v) is 4.54. The normalized spacial score (nSPS) is 20.1. The third kappa shape index (κ3) is 5.78. The number of para-hydroxylation sites is 1. The van der Waals surface area contributed by atoms with Gasteiger partial charge in [0.05, 0.1) is 6.26 Å². The van der Waals surface area contributed by atoms with E-state index in [9.17, 15) is 8.42 Å². The Morgan fingerprint density at radius 2 is 2.04 bits per heavy atom. The van der Waals surface area contributed by atoms with Gasteiger partial charge in [0.15, 0.2) is 0 Å². The van der Waals surface area contributed by atoms with Gasteiger partial charge in [0, 0.05) is 24.2 Å². The van der Waals surface area contributed by atoms with Gasteiger partial charge in [0.2, 0.25) is 10.0 Å². The largest absolute Gasteiger partial charge is 0.492 e. The Kier molecular flexibility index (Phi) is 7.07. The zero-order chi connectivity index (χ0) is 20.0. The summed E-state index contributed by atoms with van der Waals surface area (Å²) in [4.78, 5) is 0. The van der Waals surface area contributed by atoms with Gasteiger partial charge in [-0.15, -0.1) is 0 Å². The molecule has 7 heteroatoms. The molecule has 1 fully saturated rings. The van der Waals surface area contributed by atoms with E-state index < -0.39 is 10.0 Å². The van der Waals surface area contributed by atoms with E-state index >= 15 is 0 Å². The number of hydrogen-bond donors (Lipinski definition) is 3. The second-order valence-electron chi connectivity index (χ2n) is 7.24. The highest BCUT2D eigenvalue weighted by Gasteiger charge is 2.27. The molecule has 2 atom stereocenters. The fourth-order valence-electron chi connectivity index (χ4n) is 3.70. The lowest BCUT2D eigenvalue weighted by molar-refractivity contribution is 0.329. The monoisotopic (exact) mass is 403 g/mol. The lowest BCUT2D eigenvalue weighted by Crippen LogP contribution is -2.54. The average Bonchev–Trinajstić information content (AvgIpc) is 2.67. The molecule has 2 aromatic carbocycles. The molecule has 0 radical (unpaired) electrons. The molecule has 1 saturated heterocycles. The molecule has 1 aliphatic heterocycles. The van der Waals surface area contributed by atoms with Crippen LogP contribution >= 0.6 is 0 Å². The quantitative estimate of drug-likeness (QED) is 0.626. The van der Waals surface area contributed by atoms with E-state index in [-0.39, 0.29) is 12.1 Å². The first-order chi connectivity index (χ1) is 13.5. The Hall–Kier alpha value is -1.93. The minimum atomic E-state index is -3.23. The van der Waals surface area contributed by atoms with Crippen LogP contribution in [0.4, 0.5) is 0 Å². The van der Waals surface area contributed by atoms with E-state index in [1.54, 1.807) is 0 Å². The van der Waals surface area contributed by atoms with Gasteiger partial charge >= 0.3 is 0 Å². The van der Waals surface area contributed by atoms with Crippen LogP contribution in [0.1, 0.15) is 18.4 Å². The van der Waals surface area contributed by atoms with Crippen molar-refractivity contribution in [3.8, 4) is 16.9 Å². The molecule has 0 aromatic heterocycles. The van der Waals surface area contributed by atoms with Gasteiger partial charge in [-0.25, -0.2) is 13.1 Å². The molecule has 2 aromatic rings. The predicted molar refractivity (Wildman–Crippen MR) is 113 cm³/mol. The first-order valence-electron chi connectivity index (χ1n) is 9.68. The summed E-state index contributed by atoms with van der Waals surface area (Å²) in [6, 6.07) is 16.2. The van der Waals surface area contributed by atoms with Crippen molar-refractivity contribution in [3.05, 3.63) is 54.1 Å². The topological polar surface area (TPSA) is 93.5 Å². The summed E-state index contributed by atoms with van der Waals surface area (Å²) < 4.78 is 32.0. The van der Waals surface area contributed by atoms with Gasteiger partial charge in [-0.05, 0) is 43.0 Å². The number of nitrogens with two attached hydrogens (primary N) is 1. The Morgan fingerprint density at radius 1 is 1.21 bits per heavy atom. The van der Waals surface area contributed by atoms with E-state index in [4.69, 9.17) is 10.5 Å². The molecule has 0 spiro atoms. The summed E-state index contributed by atoms with van der Waals surface area (Å²) in [5.41, 5.74) is 8.83. The van der Waals surface area contributed by atoms with E-state index in [2.05, 4.69) is 28.2 Å². The van der Waals surface area contributed by atoms with Crippen molar-refractivity contribution in [2.45, 2.75) is 31.3 Å². The molecular weight excluding hydrogens is 374 g/mol. The summed E-state index contributed by atoms with van der Waals surface area (Å²) in [5, 5.41) is 3.47. The summed E-state index contributed by atoms with van der Waals surface area (Å²) in [6.45, 7) is 1.85. The van der Waals surface area contributed by atoms with Crippen LogP contribution in [0.25, 0.3) is 11.1 Å². The van der Waals surface area contributed by atoms with Crippen LogP contribution in [0.3, 0.4) is 0 Å². The number of ether oxygens (including phenoxy) is 1. The van der Waals surface area contributed by atoms with Gasteiger partial charge in [-0.2, -0.15) is 0 Å². The van der Waals surface area contributed by atoms with Crippen molar-refractivity contribution in [1.29, 1.82) is 0 Å². The summed E-state index contributed by atoms with van der Waals surface area (Å²) in [7, 11) is -3.23. The van der Waals surface area contributed by atoms with Crippen LogP contribution in [-0.4, -0.2) is 46.5 Å². The molecule has 0 saturated carbocycles. The maximum absolute atomic E-state index is 11.7. The van der Waals surface area contributed by atoms with Gasteiger partial charge in [-0.1, -0.05) is 42.5 Å². The second-order valence-corrected chi connectivity index (χ2v) is 9.02. The molecule has 0 amide bonds. The van der Waals surface area contributed by atoms with E-state index in [1.165, 1.54) is 6.26 Å². The summed E-state index contributed by atoms with van der Waals surface area (Å²) in [6.07, 6.45) is 3.79. The SMILES string of the molecule is CS(=O)(=O)NC1CCCNC1Cc1cccc(-c2ccccc2OCCN)c1. The highest BCUT2D eigenvalue weighted by Crippen LogP contribution is 2.30. The third-order valence-corrected chi connectivity index (χ3v) is 5.64. The van der Waals surface area contributed by atoms with E-state index in [1.807, 2.05) is 30.3 Å². The number of rotatable bonds is 8. The maximum atomic E-state index is 11.7. The van der Waals surface area contributed by atoms with Crippen molar-refractivity contribution in [2.24, 2.45) is 5.73 Å². The lowest BCUT2D eigenvalue weighted by atomic mass is 9.92. The number of piperidine rings is 1. The van der Waals surface area contributed by atoms with Crippen molar-refractivity contribution >= 4 is 10.0 Å². The van der Waals surface area contributed by atoms with Crippen LogP contribution in [0, 0.1) is 0 Å². The van der Waals surface area contributed by atoms with Crippen molar-refractivity contribution in [3.63, 3.8) is 0 Å². The number of nitrogens with one attached hydrogen (secondary N) is 2. The Balaban J connectivity index is 1.80. The Bertz CT molecular complexity index is 886. The maximum Gasteiger partial charge on any atom is 0.209 e. The van der Waals surface area contributed by atoms with Crippen LogP contribution in [0.5, 0.6) is 5.75 Å². The molecule has 6 nitrogen and oxygen atoms in total. The van der Waals surface area contributed by atoms with Crippen LogP contribution in [0.15, 0.2) is 48.5 Å². The van der Waals surface area contributed by atoms with Gasteiger partial charge in [-0.3, -0.25) is 0 Å². The summed E-state index contributed by atoms with van der Waals surface area (Å²) >= 11 is 0. The predicted octanol–water partition coefficient (Wildman–Crippen LogP) is 1.90. The summed E-state index contributed by atoms with van der Waals surface area (Å²) in [5.74, 6) is 0.817.